The molecule has 1 fully saturated rings. The normalized spacial score (nSPS) is 15.1. The van der Waals surface area contributed by atoms with Gasteiger partial charge in [0.2, 0.25) is 0 Å². The molecule has 3 aromatic rings. The lowest BCUT2D eigenvalue weighted by molar-refractivity contribution is 0.0775. The van der Waals surface area contributed by atoms with Crippen LogP contribution in [-0.4, -0.2) is 35.0 Å². The molecule has 1 saturated heterocycles. The molecule has 27 heavy (non-hydrogen) atoms. The second kappa shape index (κ2) is 7.94. The zero-order valence-corrected chi connectivity index (χ0v) is 15.4. The van der Waals surface area contributed by atoms with E-state index in [9.17, 15) is 4.79 Å². The molecule has 0 spiro atoms. The first-order chi connectivity index (χ1) is 13.2. The number of nitrogens with one attached hydrogen (secondary N) is 1. The van der Waals surface area contributed by atoms with Crippen molar-refractivity contribution in [2.45, 2.75) is 32.4 Å². The lowest BCUT2D eigenvalue weighted by Crippen LogP contribution is -2.34. The summed E-state index contributed by atoms with van der Waals surface area (Å²) in [5.41, 5.74) is 3.91. The minimum atomic E-state index is 0.00594. The van der Waals surface area contributed by atoms with Gasteiger partial charge in [0, 0.05) is 54.2 Å². The molecule has 1 aliphatic rings. The van der Waals surface area contributed by atoms with Crippen LogP contribution in [0.15, 0.2) is 48.7 Å². The van der Waals surface area contributed by atoms with E-state index in [0.717, 1.165) is 48.3 Å². The van der Waals surface area contributed by atoms with Gasteiger partial charge in [0.1, 0.15) is 0 Å². The van der Waals surface area contributed by atoms with E-state index in [1.165, 1.54) is 0 Å². The summed E-state index contributed by atoms with van der Waals surface area (Å²) >= 11 is 0. The maximum atomic E-state index is 13.2. The zero-order chi connectivity index (χ0) is 18.6. The zero-order valence-electron chi connectivity index (χ0n) is 15.4. The molecule has 0 unspecified atom stereocenters. The van der Waals surface area contributed by atoms with E-state index in [1.54, 1.807) is 12.3 Å². The summed E-state index contributed by atoms with van der Waals surface area (Å²) < 4.78 is 5.41. The lowest BCUT2D eigenvalue weighted by atomic mass is 9.98. The number of para-hydroxylation sites is 1. The van der Waals surface area contributed by atoms with Gasteiger partial charge in [-0.25, -0.2) is 0 Å². The second-order valence-electron chi connectivity index (χ2n) is 6.96. The summed E-state index contributed by atoms with van der Waals surface area (Å²) in [6.07, 6.45) is 3.70. The largest absolute Gasteiger partial charge is 0.381 e. The Balaban J connectivity index is 1.67. The van der Waals surface area contributed by atoms with Crippen LogP contribution in [0.25, 0.3) is 10.9 Å². The van der Waals surface area contributed by atoms with E-state index in [0.29, 0.717) is 23.7 Å². The van der Waals surface area contributed by atoms with Gasteiger partial charge in [-0.2, -0.15) is 0 Å². The molecule has 4 rings (SSSR count). The first kappa shape index (κ1) is 17.8. The predicted molar refractivity (Wildman–Crippen MR) is 105 cm³/mol. The van der Waals surface area contributed by atoms with Crippen molar-refractivity contribution < 1.29 is 9.53 Å². The molecule has 0 bridgehead atoms. The molecule has 1 N–H and O–H groups in total. The van der Waals surface area contributed by atoms with Crippen LogP contribution in [0.5, 0.6) is 0 Å². The van der Waals surface area contributed by atoms with Crippen LogP contribution in [-0.2, 0) is 11.3 Å². The molecule has 2 aromatic heterocycles. The number of ether oxygens (including phenoxy) is 1. The predicted octanol–water partition coefficient (Wildman–Crippen LogP) is 3.44. The van der Waals surface area contributed by atoms with Crippen molar-refractivity contribution in [2.75, 3.05) is 13.2 Å². The van der Waals surface area contributed by atoms with E-state index in [4.69, 9.17) is 9.72 Å². The number of carbonyl (C=O) groups excluding carboxylic acids is 1. The van der Waals surface area contributed by atoms with Crippen LogP contribution in [0, 0.1) is 6.92 Å². The third kappa shape index (κ3) is 4.04. The number of ketones is 1. The first-order valence-electron chi connectivity index (χ1n) is 9.38. The number of aromatic nitrogens is 2. The molecule has 3 heterocycles. The number of benzene rings is 1. The van der Waals surface area contributed by atoms with Gasteiger partial charge >= 0.3 is 0 Å². The SMILES string of the molecule is Cc1cc(C(=O)c2cc(CNC3CCOCC3)nc3ccccc23)ccn1. The van der Waals surface area contributed by atoms with Crippen LogP contribution < -0.4 is 5.32 Å². The molecule has 0 radical (unpaired) electrons. The molecule has 0 aliphatic carbocycles. The fourth-order valence-corrected chi connectivity index (χ4v) is 3.50. The Morgan fingerprint density at radius 1 is 1.19 bits per heavy atom. The quantitative estimate of drug-likeness (QED) is 0.705. The van der Waals surface area contributed by atoms with E-state index >= 15 is 0 Å². The molecule has 0 amide bonds. The van der Waals surface area contributed by atoms with E-state index in [2.05, 4.69) is 10.3 Å². The number of nitrogens with zero attached hydrogens (tertiary/aromatic N) is 2. The average Bonchev–Trinajstić information content (AvgIpc) is 2.72. The Bertz CT molecular complexity index is 965. The standard InChI is InChI=1S/C22H23N3O2/c1-15-12-16(6-9-23-15)22(26)20-13-18(14-24-17-7-10-27-11-8-17)25-21-5-3-2-4-19(20)21/h2-6,9,12-13,17,24H,7-8,10-11,14H2,1H3. The highest BCUT2D eigenvalue weighted by Crippen LogP contribution is 2.22. The summed E-state index contributed by atoms with van der Waals surface area (Å²) in [5, 5.41) is 4.44. The van der Waals surface area contributed by atoms with Gasteiger partial charge in [0.05, 0.1) is 11.2 Å². The maximum Gasteiger partial charge on any atom is 0.193 e. The highest BCUT2D eigenvalue weighted by atomic mass is 16.5. The maximum absolute atomic E-state index is 13.2. The van der Waals surface area contributed by atoms with Crippen molar-refractivity contribution >= 4 is 16.7 Å². The van der Waals surface area contributed by atoms with Crippen LogP contribution in [0.2, 0.25) is 0 Å². The molecular weight excluding hydrogens is 338 g/mol. The Kier molecular flexibility index (Phi) is 5.23. The van der Waals surface area contributed by atoms with Crippen molar-refractivity contribution in [1.29, 1.82) is 0 Å². The number of aryl methyl sites for hydroxylation is 1. The fourth-order valence-electron chi connectivity index (χ4n) is 3.50. The van der Waals surface area contributed by atoms with E-state index < -0.39 is 0 Å². The molecule has 1 aromatic carbocycles. The molecular formula is C22H23N3O2. The van der Waals surface area contributed by atoms with Gasteiger partial charge in [-0.15, -0.1) is 0 Å². The van der Waals surface area contributed by atoms with Crippen molar-refractivity contribution in [2.24, 2.45) is 0 Å². The Morgan fingerprint density at radius 2 is 2.00 bits per heavy atom. The van der Waals surface area contributed by atoms with E-state index in [-0.39, 0.29) is 5.78 Å². The molecule has 5 nitrogen and oxygen atoms in total. The fraction of sp³-hybridized carbons (Fsp3) is 0.318. The Morgan fingerprint density at radius 3 is 2.81 bits per heavy atom. The van der Waals surface area contributed by atoms with Crippen molar-refractivity contribution in [3.05, 3.63) is 71.2 Å². The van der Waals surface area contributed by atoms with Gasteiger partial charge in [0.25, 0.3) is 0 Å². The summed E-state index contributed by atoms with van der Waals surface area (Å²) in [6.45, 7) is 4.14. The smallest absolute Gasteiger partial charge is 0.193 e. The van der Waals surface area contributed by atoms with Crippen LogP contribution in [0.4, 0.5) is 0 Å². The number of rotatable bonds is 5. The van der Waals surface area contributed by atoms with Crippen LogP contribution >= 0.6 is 0 Å². The third-order valence-corrected chi connectivity index (χ3v) is 4.97. The highest BCUT2D eigenvalue weighted by Gasteiger charge is 2.17. The molecule has 1 aliphatic heterocycles. The van der Waals surface area contributed by atoms with Crippen molar-refractivity contribution in [3.63, 3.8) is 0 Å². The molecule has 5 heteroatoms. The van der Waals surface area contributed by atoms with Gasteiger partial charge in [-0.3, -0.25) is 14.8 Å². The molecule has 0 atom stereocenters. The monoisotopic (exact) mass is 361 g/mol. The van der Waals surface area contributed by atoms with Gasteiger partial charge in [-0.1, -0.05) is 18.2 Å². The number of hydrogen-bond donors (Lipinski definition) is 1. The minimum Gasteiger partial charge on any atom is -0.381 e. The Labute approximate surface area is 158 Å². The molecule has 0 saturated carbocycles. The summed E-state index contributed by atoms with van der Waals surface area (Å²) in [4.78, 5) is 22.1. The summed E-state index contributed by atoms with van der Waals surface area (Å²) in [7, 11) is 0. The van der Waals surface area contributed by atoms with E-state index in [1.807, 2.05) is 43.3 Å². The third-order valence-electron chi connectivity index (χ3n) is 4.97. The van der Waals surface area contributed by atoms with Crippen LogP contribution in [0.3, 0.4) is 0 Å². The van der Waals surface area contributed by atoms with Gasteiger partial charge in [0.15, 0.2) is 5.78 Å². The molecule has 138 valence electrons. The number of carbonyl (C=O) groups is 1. The first-order valence-corrected chi connectivity index (χ1v) is 9.38. The van der Waals surface area contributed by atoms with Gasteiger partial charge < -0.3 is 10.1 Å². The number of hydrogen-bond acceptors (Lipinski definition) is 5. The minimum absolute atomic E-state index is 0.00594. The van der Waals surface area contributed by atoms with Gasteiger partial charge in [-0.05, 0) is 44.0 Å². The Hall–Kier alpha value is -2.63. The highest BCUT2D eigenvalue weighted by molar-refractivity contribution is 6.16. The van der Waals surface area contributed by atoms with Crippen molar-refractivity contribution in [3.8, 4) is 0 Å². The van der Waals surface area contributed by atoms with Crippen molar-refractivity contribution in [1.82, 2.24) is 15.3 Å². The average molecular weight is 361 g/mol. The number of fused-ring (bicyclic) bond motifs is 1. The topological polar surface area (TPSA) is 64.1 Å². The van der Waals surface area contributed by atoms with Crippen LogP contribution in [0.1, 0.15) is 40.2 Å². The lowest BCUT2D eigenvalue weighted by Gasteiger charge is -2.23. The second-order valence-corrected chi connectivity index (χ2v) is 6.96. The summed E-state index contributed by atoms with van der Waals surface area (Å²) in [6, 6.07) is 13.8. The summed E-state index contributed by atoms with van der Waals surface area (Å²) in [5.74, 6) is 0.00594. The number of pyridine rings is 2.